The Labute approximate surface area is 106 Å². The number of hydrogen-bond acceptors (Lipinski definition) is 3. The molecule has 4 fully saturated rings. The zero-order valence-corrected chi connectivity index (χ0v) is 10.6. The number of ether oxygens (including phenoxy) is 1. The van der Waals surface area contributed by atoms with Crippen molar-refractivity contribution < 1.29 is 14.3 Å². The molecule has 18 heavy (non-hydrogen) atoms. The van der Waals surface area contributed by atoms with E-state index in [9.17, 15) is 9.59 Å². The van der Waals surface area contributed by atoms with Gasteiger partial charge in [0, 0.05) is 0 Å². The van der Waals surface area contributed by atoms with Crippen LogP contribution in [0.2, 0.25) is 0 Å². The molecule has 1 unspecified atom stereocenters. The summed E-state index contributed by atoms with van der Waals surface area (Å²) in [6.07, 6.45) is 4.22. The van der Waals surface area contributed by atoms with Crippen LogP contribution in [0.3, 0.4) is 0 Å². The van der Waals surface area contributed by atoms with Crippen molar-refractivity contribution in [2.24, 2.45) is 11.3 Å². The third-order valence-corrected chi connectivity index (χ3v) is 5.46. The van der Waals surface area contributed by atoms with Crippen molar-refractivity contribution in [3.63, 3.8) is 0 Å². The van der Waals surface area contributed by atoms with Crippen molar-refractivity contribution in [3.05, 3.63) is 0 Å². The lowest BCUT2D eigenvalue weighted by Gasteiger charge is -2.48. The normalized spacial score (nSPS) is 43.2. The predicted molar refractivity (Wildman–Crippen MR) is 62.8 cm³/mol. The average Bonchev–Trinajstić information content (AvgIpc) is 2.69. The number of carbonyl (C=O) groups excluding carboxylic acids is 2. The zero-order chi connectivity index (χ0) is 12.5. The summed E-state index contributed by atoms with van der Waals surface area (Å²) in [6.45, 7) is 3.08. The Bertz CT molecular complexity index is 444. The molecule has 2 aliphatic heterocycles. The highest BCUT2D eigenvalue weighted by Crippen LogP contribution is 2.64. The summed E-state index contributed by atoms with van der Waals surface area (Å²) in [7, 11) is 0. The Kier molecular flexibility index (Phi) is 1.78. The molecule has 1 spiro atoms. The van der Waals surface area contributed by atoms with E-state index in [1.54, 1.807) is 0 Å². The fourth-order valence-corrected chi connectivity index (χ4v) is 4.11. The van der Waals surface area contributed by atoms with Gasteiger partial charge in [0.2, 0.25) is 5.91 Å². The molecule has 0 aromatic rings. The van der Waals surface area contributed by atoms with E-state index < -0.39 is 5.60 Å². The number of likely N-dealkylation sites (tertiary alicyclic amines) is 1. The Balaban J connectivity index is 1.45. The largest absolute Gasteiger partial charge is 0.437 e. The first-order valence-corrected chi connectivity index (χ1v) is 6.85. The zero-order valence-electron chi connectivity index (χ0n) is 10.6. The molecule has 1 N–H and O–H groups in total. The molecule has 3 atom stereocenters. The minimum Gasteiger partial charge on any atom is -0.437 e. The molecule has 2 heterocycles. The van der Waals surface area contributed by atoms with Crippen LogP contribution in [0.5, 0.6) is 0 Å². The lowest BCUT2D eigenvalue weighted by molar-refractivity contribution is -0.159. The van der Waals surface area contributed by atoms with E-state index in [1.165, 1.54) is 12.8 Å². The van der Waals surface area contributed by atoms with Gasteiger partial charge in [-0.1, -0.05) is 6.42 Å². The van der Waals surface area contributed by atoms with Crippen molar-refractivity contribution in [3.8, 4) is 0 Å². The monoisotopic (exact) mass is 250 g/mol. The average molecular weight is 250 g/mol. The molecular formula is C13H18N2O3. The molecule has 0 radical (unpaired) electrons. The minimum atomic E-state index is -0.452. The lowest BCUT2D eigenvalue weighted by atomic mass is 9.85. The van der Waals surface area contributed by atoms with E-state index in [4.69, 9.17) is 4.74 Å². The second-order valence-electron chi connectivity index (χ2n) is 6.43. The van der Waals surface area contributed by atoms with Gasteiger partial charge in [0.05, 0.1) is 24.5 Å². The molecule has 2 amide bonds. The van der Waals surface area contributed by atoms with Crippen LogP contribution in [0, 0.1) is 11.3 Å². The minimum absolute atomic E-state index is 0.00475. The predicted octanol–water partition coefficient (Wildman–Crippen LogP) is 0.886. The second-order valence-corrected chi connectivity index (χ2v) is 6.43. The van der Waals surface area contributed by atoms with E-state index in [2.05, 4.69) is 5.32 Å². The Morgan fingerprint density at radius 2 is 2.28 bits per heavy atom. The fourth-order valence-electron chi connectivity index (χ4n) is 4.11. The summed E-state index contributed by atoms with van der Waals surface area (Å²) in [4.78, 5) is 25.6. The number of carbonyl (C=O) groups is 2. The summed E-state index contributed by atoms with van der Waals surface area (Å²) in [5.41, 5.74) is -0.465. The topological polar surface area (TPSA) is 58.6 Å². The van der Waals surface area contributed by atoms with Crippen molar-refractivity contribution in [1.82, 2.24) is 10.2 Å². The third kappa shape index (κ3) is 1.12. The highest BCUT2D eigenvalue weighted by atomic mass is 16.6. The van der Waals surface area contributed by atoms with Crippen LogP contribution in [-0.4, -0.2) is 41.6 Å². The van der Waals surface area contributed by atoms with Crippen LogP contribution in [0.4, 0.5) is 4.79 Å². The number of fused-ring (bicyclic) bond motifs is 1. The molecular weight excluding hydrogens is 232 g/mol. The number of rotatable bonds is 1. The number of nitrogens with zero attached hydrogens (tertiary/aromatic N) is 1. The van der Waals surface area contributed by atoms with E-state index in [0.717, 1.165) is 12.8 Å². The molecule has 0 aromatic carbocycles. The van der Waals surface area contributed by atoms with Gasteiger partial charge in [-0.3, -0.25) is 4.79 Å². The van der Waals surface area contributed by atoms with E-state index >= 15 is 0 Å². The molecule has 2 aliphatic carbocycles. The third-order valence-electron chi connectivity index (χ3n) is 5.46. The number of alkyl carbamates (subject to hydrolysis) is 1. The number of amides is 2. The molecule has 0 bridgehead atoms. The number of nitrogens with one attached hydrogen (secondary N) is 1. The van der Waals surface area contributed by atoms with Crippen LogP contribution in [0.1, 0.15) is 32.6 Å². The molecule has 4 rings (SSSR count). The summed E-state index contributed by atoms with van der Waals surface area (Å²) in [6, 6.07) is 0.00475. The molecule has 0 aromatic heterocycles. The van der Waals surface area contributed by atoms with Crippen molar-refractivity contribution >= 4 is 12.0 Å². The van der Waals surface area contributed by atoms with Crippen LogP contribution in [0.15, 0.2) is 0 Å². The van der Waals surface area contributed by atoms with Crippen LogP contribution in [-0.2, 0) is 9.53 Å². The van der Waals surface area contributed by atoms with Gasteiger partial charge in [-0.2, -0.15) is 0 Å². The maximum atomic E-state index is 12.5. The van der Waals surface area contributed by atoms with Crippen LogP contribution < -0.4 is 5.32 Å². The van der Waals surface area contributed by atoms with Crippen molar-refractivity contribution in [2.45, 2.75) is 44.2 Å². The highest BCUT2D eigenvalue weighted by Gasteiger charge is 2.66. The summed E-state index contributed by atoms with van der Waals surface area (Å²) >= 11 is 0. The van der Waals surface area contributed by atoms with E-state index in [1.807, 2.05) is 11.8 Å². The molecule has 5 nitrogen and oxygen atoms in total. The maximum absolute atomic E-state index is 12.5. The first-order chi connectivity index (χ1) is 8.56. The summed E-state index contributed by atoms with van der Waals surface area (Å²) < 4.78 is 5.34. The first-order valence-electron chi connectivity index (χ1n) is 6.85. The number of hydrogen-bond donors (Lipinski definition) is 1. The molecule has 5 heteroatoms. The van der Waals surface area contributed by atoms with E-state index in [0.29, 0.717) is 24.9 Å². The van der Waals surface area contributed by atoms with Crippen molar-refractivity contribution in [2.75, 3.05) is 13.1 Å². The van der Waals surface area contributed by atoms with Crippen LogP contribution >= 0.6 is 0 Å². The van der Waals surface area contributed by atoms with Gasteiger partial charge in [-0.15, -0.1) is 0 Å². The van der Waals surface area contributed by atoms with E-state index in [-0.39, 0.29) is 17.6 Å². The lowest BCUT2D eigenvalue weighted by Crippen LogP contribution is -2.69. The molecule has 4 aliphatic rings. The van der Waals surface area contributed by atoms with Gasteiger partial charge in [0.25, 0.3) is 0 Å². The highest BCUT2D eigenvalue weighted by molar-refractivity contribution is 5.88. The summed E-state index contributed by atoms with van der Waals surface area (Å²) in [5, 5.41) is 2.76. The quantitative estimate of drug-likeness (QED) is 0.751. The van der Waals surface area contributed by atoms with Gasteiger partial charge in [-0.25, -0.2) is 4.79 Å². The SMILES string of the molecule is CC1NC(=O)OC12CN(C(=O)[C@@]13CCC[C@@H]1C3)C2. The summed E-state index contributed by atoms with van der Waals surface area (Å²) in [5.74, 6) is 0.953. The standard InChI is InChI=1S/C13H18N2O3/c1-8-13(18-11(17)14-8)6-15(7-13)10(16)12-4-2-3-9(12)5-12/h8-9H,2-7H2,1H3,(H,14,17)/t8?,9-,12-/m1/s1. The maximum Gasteiger partial charge on any atom is 0.408 e. The van der Waals surface area contributed by atoms with Gasteiger partial charge >= 0.3 is 6.09 Å². The van der Waals surface area contributed by atoms with Crippen molar-refractivity contribution in [1.29, 1.82) is 0 Å². The van der Waals surface area contributed by atoms with Gasteiger partial charge < -0.3 is 15.0 Å². The smallest absolute Gasteiger partial charge is 0.408 e. The molecule has 98 valence electrons. The molecule has 2 saturated heterocycles. The Morgan fingerprint density at radius 1 is 1.50 bits per heavy atom. The Morgan fingerprint density at radius 3 is 2.78 bits per heavy atom. The van der Waals surface area contributed by atoms with Gasteiger partial charge in [-0.05, 0) is 32.1 Å². The second kappa shape index (κ2) is 3.00. The first kappa shape index (κ1) is 10.6. The molecule has 2 saturated carbocycles. The van der Waals surface area contributed by atoms with Gasteiger partial charge in [0.1, 0.15) is 0 Å². The van der Waals surface area contributed by atoms with Crippen LogP contribution in [0.25, 0.3) is 0 Å². The fraction of sp³-hybridized carbons (Fsp3) is 0.846. The Hall–Kier alpha value is -1.26. The van der Waals surface area contributed by atoms with Gasteiger partial charge in [0.15, 0.2) is 5.60 Å².